The third-order valence-corrected chi connectivity index (χ3v) is 4.12. The van der Waals surface area contributed by atoms with Crippen LogP contribution in [0.25, 0.3) is 0 Å². The molecule has 134 valence electrons. The topological polar surface area (TPSA) is 93.9 Å². The average Bonchev–Trinajstić information content (AvgIpc) is 2.53. The van der Waals surface area contributed by atoms with Gasteiger partial charge in [0.2, 0.25) is 0 Å². The minimum absolute atomic E-state index is 0.0307. The van der Waals surface area contributed by atoms with Gasteiger partial charge in [0.1, 0.15) is 11.7 Å². The van der Waals surface area contributed by atoms with Crippen LogP contribution in [0.2, 0.25) is 0 Å². The van der Waals surface area contributed by atoms with Crippen LogP contribution in [-0.4, -0.2) is 52.8 Å². The number of ether oxygens (including phenoxy) is 1. The first-order chi connectivity index (χ1) is 11.6. The van der Waals surface area contributed by atoms with Gasteiger partial charge in [-0.15, -0.1) is 0 Å². The summed E-state index contributed by atoms with van der Waals surface area (Å²) in [7, 11) is 0. The molecule has 0 aromatic heterocycles. The minimum Gasteiger partial charge on any atom is -0.479 e. The molecule has 1 unspecified atom stereocenters. The number of nitriles is 1. The summed E-state index contributed by atoms with van der Waals surface area (Å²) in [6, 6.07) is 8.97. The molecular formula is C18H23N3O4. The quantitative estimate of drug-likeness (QED) is 0.885. The Labute approximate surface area is 147 Å². The molecule has 2 rings (SSSR count). The van der Waals surface area contributed by atoms with E-state index in [1.807, 2.05) is 0 Å². The molecule has 1 heterocycles. The molecule has 1 saturated heterocycles. The molecule has 0 bridgehead atoms. The predicted molar refractivity (Wildman–Crippen MR) is 92.4 cm³/mol. The molecule has 1 aliphatic rings. The lowest BCUT2D eigenvalue weighted by Gasteiger charge is -2.47. The summed E-state index contributed by atoms with van der Waals surface area (Å²) in [5.41, 5.74) is -1.05. The van der Waals surface area contributed by atoms with Crippen molar-refractivity contribution in [3.05, 3.63) is 29.8 Å². The Balaban J connectivity index is 2.33. The molecular weight excluding hydrogens is 322 g/mol. The van der Waals surface area contributed by atoms with Gasteiger partial charge in [-0.3, -0.25) is 0 Å². The van der Waals surface area contributed by atoms with Crippen molar-refractivity contribution in [2.45, 2.75) is 38.8 Å². The van der Waals surface area contributed by atoms with Crippen molar-refractivity contribution in [3.8, 4) is 6.07 Å². The number of aliphatic carboxylic acids is 1. The average molecular weight is 345 g/mol. The van der Waals surface area contributed by atoms with Crippen LogP contribution in [0.5, 0.6) is 0 Å². The molecule has 1 aromatic rings. The number of benzene rings is 1. The van der Waals surface area contributed by atoms with Crippen LogP contribution in [0.1, 0.15) is 33.3 Å². The number of anilines is 1. The van der Waals surface area contributed by atoms with Crippen LogP contribution < -0.4 is 4.90 Å². The molecule has 0 radical (unpaired) electrons. The second-order valence-electron chi connectivity index (χ2n) is 7.26. The van der Waals surface area contributed by atoms with Crippen LogP contribution >= 0.6 is 0 Å². The van der Waals surface area contributed by atoms with Gasteiger partial charge in [0.25, 0.3) is 0 Å². The molecule has 7 heteroatoms. The summed E-state index contributed by atoms with van der Waals surface area (Å²) in [5, 5.41) is 19.1. The number of amides is 1. The van der Waals surface area contributed by atoms with Crippen molar-refractivity contribution in [3.63, 3.8) is 0 Å². The van der Waals surface area contributed by atoms with Gasteiger partial charge in [-0.25, -0.2) is 9.59 Å². The standard InChI is InChI=1S/C18H23N3O4/c1-17(2,3)25-16(24)20-9-10-21(18(4,12-20)15(22)23)14-8-6-5-7-13(14)11-19/h5-8H,9-10,12H2,1-4H3,(H,22,23). The normalized spacial score (nSPS) is 20.8. The summed E-state index contributed by atoms with van der Waals surface area (Å²) >= 11 is 0. The lowest BCUT2D eigenvalue weighted by Crippen LogP contribution is -2.66. The van der Waals surface area contributed by atoms with E-state index in [0.717, 1.165) is 0 Å². The van der Waals surface area contributed by atoms with E-state index in [1.165, 1.54) is 4.90 Å². The van der Waals surface area contributed by atoms with E-state index >= 15 is 0 Å². The van der Waals surface area contributed by atoms with Crippen molar-refractivity contribution in [1.29, 1.82) is 5.26 Å². The van der Waals surface area contributed by atoms with Gasteiger partial charge in [-0.05, 0) is 39.8 Å². The van der Waals surface area contributed by atoms with E-state index in [0.29, 0.717) is 24.3 Å². The predicted octanol–water partition coefficient (Wildman–Crippen LogP) is 2.46. The maximum atomic E-state index is 12.3. The number of carbonyl (C=O) groups is 2. The van der Waals surface area contributed by atoms with Crippen molar-refractivity contribution in [2.24, 2.45) is 0 Å². The molecule has 0 aliphatic carbocycles. The third kappa shape index (κ3) is 3.85. The number of hydrogen-bond donors (Lipinski definition) is 1. The highest BCUT2D eigenvalue weighted by Gasteiger charge is 2.46. The van der Waals surface area contributed by atoms with Crippen LogP contribution in [0.4, 0.5) is 10.5 Å². The maximum Gasteiger partial charge on any atom is 0.410 e. The fourth-order valence-corrected chi connectivity index (χ4v) is 2.86. The van der Waals surface area contributed by atoms with Gasteiger partial charge in [0.15, 0.2) is 5.54 Å². The van der Waals surface area contributed by atoms with Gasteiger partial charge in [-0.1, -0.05) is 12.1 Å². The van der Waals surface area contributed by atoms with Gasteiger partial charge >= 0.3 is 12.1 Å². The first kappa shape index (κ1) is 18.6. The van der Waals surface area contributed by atoms with E-state index < -0.39 is 23.2 Å². The summed E-state index contributed by atoms with van der Waals surface area (Å²) in [6.07, 6.45) is -0.534. The highest BCUT2D eigenvalue weighted by Crippen LogP contribution is 2.31. The Hall–Kier alpha value is -2.75. The fourth-order valence-electron chi connectivity index (χ4n) is 2.86. The Morgan fingerprint density at radius 2 is 1.92 bits per heavy atom. The first-order valence-corrected chi connectivity index (χ1v) is 8.06. The van der Waals surface area contributed by atoms with E-state index in [2.05, 4.69) is 6.07 Å². The number of rotatable bonds is 2. The maximum absolute atomic E-state index is 12.3. The molecule has 1 N–H and O–H groups in total. The SMILES string of the molecule is CC(C)(C)OC(=O)N1CCN(c2ccccc2C#N)C(C)(C(=O)O)C1. The first-order valence-electron chi connectivity index (χ1n) is 8.06. The van der Waals surface area contributed by atoms with E-state index in [9.17, 15) is 20.0 Å². The molecule has 7 nitrogen and oxygen atoms in total. The zero-order valence-electron chi connectivity index (χ0n) is 14.9. The molecule has 1 atom stereocenters. The number of carbonyl (C=O) groups excluding carboxylic acids is 1. The van der Waals surface area contributed by atoms with Gasteiger partial charge < -0.3 is 19.6 Å². The van der Waals surface area contributed by atoms with Gasteiger partial charge in [0, 0.05) is 13.1 Å². The van der Waals surface area contributed by atoms with Gasteiger partial charge in [0.05, 0.1) is 17.8 Å². The van der Waals surface area contributed by atoms with Crippen molar-refractivity contribution >= 4 is 17.7 Å². The van der Waals surface area contributed by atoms with Crippen LogP contribution in [-0.2, 0) is 9.53 Å². The monoisotopic (exact) mass is 345 g/mol. The summed E-state index contributed by atoms with van der Waals surface area (Å²) in [4.78, 5) is 27.4. The smallest absolute Gasteiger partial charge is 0.410 e. The molecule has 0 spiro atoms. The molecule has 1 aromatic carbocycles. The summed E-state index contributed by atoms with van der Waals surface area (Å²) in [6.45, 7) is 7.43. The van der Waals surface area contributed by atoms with Crippen molar-refractivity contribution in [2.75, 3.05) is 24.5 Å². The zero-order valence-corrected chi connectivity index (χ0v) is 14.9. The zero-order chi connectivity index (χ0) is 18.8. The Bertz CT molecular complexity index is 720. The van der Waals surface area contributed by atoms with E-state index in [1.54, 1.807) is 56.9 Å². The molecule has 0 saturated carbocycles. The fraction of sp³-hybridized carbons (Fsp3) is 0.500. The summed E-state index contributed by atoms with van der Waals surface area (Å²) < 4.78 is 5.36. The lowest BCUT2D eigenvalue weighted by molar-refractivity contribution is -0.144. The third-order valence-electron chi connectivity index (χ3n) is 4.12. The summed E-state index contributed by atoms with van der Waals surface area (Å²) in [5.74, 6) is -1.06. The number of carboxylic acid groups (broad SMARTS) is 1. The number of carboxylic acids is 1. The number of para-hydroxylation sites is 1. The second kappa shape index (κ2) is 6.63. The number of hydrogen-bond acceptors (Lipinski definition) is 5. The van der Waals surface area contributed by atoms with Crippen LogP contribution in [0.3, 0.4) is 0 Å². The van der Waals surface area contributed by atoms with Crippen LogP contribution in [0, 0.1) is 11.3 Å². The Morgan fingerprint density at radius 3 is 2.48 bits per heavy atom. The van der Waals surface area contributed by atoms with E-state index in [-0.39, 0.29) is 6.54 Å². The lowest BCUT2D eigenvalue weighted by atomic mass is 9.94. The van der Waals surface area contributed by atoms with Crippen molar-refractivity contribution in [1.82, 2.24) is 4.90 Å². The largest absolute Gasteiger partial charge is 0.479 e. The molecule has 1 fully saturated rings. The Morgan fingerprint density at radius 1 is 1.28 bits per heavy atom. The minimum atomic E-state index is -1.36. The van der Waals surface area contributed by atoms with E-state index in [4.69, 9.17) is 4.74 Å². The molecule has 1 amide bonds. The number of nitrogens with zero attached hydrogens (tertiary/aromatic N) is 3. The number of piperazine rings is 1. The van der Waals surface area contributed by atoms with Crippen molar-refractivity contribution < 1.29 is 19.4 Å². The highest BCUT2D eigenvalue weighted by molar-refractivity contribution is 5.86. The molecule has 25 heavy (non-hydrogen) atoms. The highest BCUT2D eigenvalue weighted by atomic mass is 16.6. The Kier molecular flexibility index (Phi) is 4.93. The molecule has 1 aliphatic heterocycles. The second-order valence-corrected chi connectivity index (χ2v) is 7.26. The van der Waals surface area contributed by atoms with Crippen LogP contribution in [0.15, 0.2) is 24.3 Å². The van der Waals surface area contributed by atoms with Gasteiger partial charge in [-0.2, -0.15) is 5.26 Å².